The van der Waals surface area contributed by atoms with E-state index in [2.05, 4.69) is 0 Å². The number of amides is 1. The Morgan fingerprint density at radius 1 is 1.05 bits per heavy atom. The van der Waals surface area contributed by atoms with Crippen molar-refractivity contribution in [3.05, 3.63) is 60.2 Å². The third-order valence-corrected chi connectivity index (χ3v) is 3.53. The third-order valence-electron chi connectivity index (χ3n) is 3.53. The van der Waals surface area contributed by atoms with Gasteiger partial charge >= 0.3 is 0 Å². The molecule has 0 radical (unpaired) electrons. The number of rotatable bonds is 3. The molecule has 1 fully saturated rings. The van der Waals surface area contributed by atoms with Crippen LogP contribution in [0.3, 0.4) is 0 Å². The van der Waals surface area contributed by atoms with Gasteiger partial charge < -0.3 is 14.7 Å². The van der Waals surface area contributed by atoms with E-state index in [1.165, 1.54) is 0 Å². The van der Waals surface area contributed by atoms with Crippen LogP contribution >= 0.6 is 0 Å². The molecular formula is C17H17NO3. The lowest BCUT2D eigenvalue weighted by Crippen LogP contribution is -2.29. The van der Waals surface area contributed by atoms with Crippen molar-refractivity contribution in [2.45, 2.75) is 12.5 Å². The number of β-amino-alcohol motifs (C(OH)–C–C–N with tert-alkyl or cyclic N) is 1. The summed E-state index contributed by atoms with van der Waals surface area (Å²) in [5.74, 6) is 1.41. The number of aliphatic hydroxyl groups is 1. The number of hydrogen-bond donors (Lipinski definition) is 1. The normalized spacial score (nSPS) is 17.8. The molecule has 4 nitrogen and oxygen atoms in total. The monoisotopic (exact) mass is 283 g/mol. The minimum Gasteiger partial charge on any atom is -0.457 e. The smallest absolute Gasteiger partial charge is 0.253 e. The Balaban J connectivity index is 1.68. The summed E-state index contributed by atoms with van der Waals surface area (Å²) < 4.78 is 5.69. The van der Waals surface area contributed by atoms with Gasteiger partial charge in [-0.3, -0.25) is 4.79 Å². The molecule has 0 saturated carbocycles. The molecule has 4 heteroatoms. The highest BCUT2D eigenvalue weighted by atomic mass is 16.5. The SMILES string of the molecule is O=C(c1ccc(Oc2ccccc2)cc1)N1CC[C@@H](O)C1. The Kier molecular flexibility index (Phi) is 3.88. The van der Waals surface area contributed by atoms with Crippen LogP contribution in [0.1, 0.15) is 16.8 Å². The van der Waals surface area contributed by atoms with Crippen molar-refractivity contribution >= 4 is 5.91 Å². The van der Waals surface area contributed by atoms with Crippen molar-refractivity contribution in [1.82, 2.24) is 4.90 Å². The topological polar surface area (TPSA) is 49.8 Å². The van der Waals surface area contributed by atoms with Crippen LogP contribution in [-0.4, -0.2) is 35.1 Å². The van der Waals surface area contributed by atoms with Crippen LogP contribution in [-0.2, 0) is 0 Å². The molecule has 0 bridgehead atoms. The van der Waals surface area contributed by atoms with E-state index in [0.717, 1.165) is 5.75 Å². The molecule has 2 aromatic rings. The van der Waals surface area contributed by atoms with Crippen molar-refractivity contribution in [3.8, 4) is 11.5 Å². The second kappa shape index (κ2) is 5.97. The molecule has 1 aliphatic heterocycles. The Morgan fingerprint density at radius 2 is 1.71 bits per heavy atom. The Hall–Kier alpha value is -2.33. The quantitative estimate of drug-likeness (QED) is 0.942. The first-order valence-electron chi connectivity index (χ1n) is 7.03. The van der Waals surface area contributed by atoms with Gasteiger partial charge in [0.05, 0.1) is 6.10 Å². The Bertz CT molecular complexity index is 610. The van der Waals surface area contributed by atoms with Gasteiger partial charge in [-0.05, 0) is 42.8 Å². The average molecular weight is 283 g/mol. The second-order valence-electron chi connectivity index (χ2n) is 5.13. The number of benzene rings is 2. The predicted octanol–water partition coefficient (Wildman–Crippen LogP) is 2.69. The van der Waals surface area contributed by atoms with Crippen molar-refractivity contribution in [2.75, 3.05) is 13.1 Å². The van der Waals surface area contributed by atoms with E-state index >= 15 is 0 Å². The van der Waals surface area contributed by atoms with Gasteiger partial charge in [-0.15, -0.1) is 0 Å². The van der Waals surface area contributed by atoms with Crippen molar-refractivity contribution in [1.29, 1.82) is 0 Å². The number of likely N-dealkylation sites (tertiary alicyclic amines) is 1. The van der Waals surface area contributed by atoms with Crippen LogP contribution in [0.5, 0.6) is 11.5 Å². The van der Waals surface area contributed by atoms with E-state index in [4.69, 9.17) is 4.74 Å². The summed E-state index contributed by atoms with van der Waals surface area (Å²) >= 11 is 0. The van der Waals surface area contributed by atoms with E-state index in [9.17, 15) is 9.90 Å². The fourth-order valence-corrected chi connectivity index (χ4v) is 2.40. The summed E-state index contributed by atoms with van der Waals surface area (Å²) in [4.78, 5) is 13.9. The van der Waals surface area contributed by atoms with Gasteiger partial charge in [-0.1, -0.05) is 18.2 Å². The molecule has 1 saturated heterocycles. The zero-order valence-corrected chi connectivity index (χ0v) is 11.6. The number of carbonyl (C=O) groups excluding carboxylic acids is 1. The lowest BCUT2D eigenvalue weighted by Gasteiger charge is -2.15. The summed E-state index contributed by atoms with van der Waals surface area (Å²) in [6.45, 7) is 1.03. The number of ether oxygens (including phenoxy) is 1. The lowest BCUT2D eigenvalue weighted by atomic mass is 10.2. The first-order valence-corrected chi connectivity index (χ1v) is 7.03. The molecule has 0 aliphatic carbocycles. The molecule has 0 aromatic heterocycles. The standard InChI is InChI=1S/C17H17NO3/c19-14-10-11-18(12-14)17(20)13-6-8-16(9-7-13)21-15-4-2-1-3-5-15/h1-9,14,19H,10-12H2/t14-/m1/s1. The van der Waals surface area contributed by atoms with E-state index in [1.54, 1.807) is 29.2 Å². The lowest BCUT2D eigenvalue weighted by molar-refractivity contribution is 0.0765. The van der Waals surface area contributed by atoms with E-state index < -0.39 is 6.10 Å². The number of hydrogen-bond acceptors (Lipinski definition) is 3. The molecule has 0 spiro atoms. The summed E-state index contributed by atoms with van der Waals surface area (Å²) in [6, 6.07) is 16.6. The molecule has 1 heterocycles. The van der Waals surface area contributed by atoms with Crippen LogP contribution in [0.15, 0.2) is 54.6 Å². The number of nitrogens with zero attached hydrogens (tertiary/aromatic N) is 1. The van der Waals surface area contributed by atoms with E-state index in [0.29, 0.717) is 30.8 Å². The molecule has 108 valence electrons. The van der Waals surface area contributed by atoms with Gasteiger partial charge in [-0.2, -0.15) is 0 Å². The van der Waals surface area contributed by atoms with Gasteiger partial charge in [0.1, 0.15) is 11.5 Å². The maximum absolute atomic E-state index is 12.2. The van der Waals surface area contributed by atoms with Gasteiger partial charge in [-0.25, -0.2) is 0 Å². The van der Waals surface area contributed by atoms with Crippen molar-refractivity contribution in [3.63, 3.8) is 0 Å². The molecule has 2 aromatic carbocycles. The van der Waals surface area contributed by atoms with Crippen LogP contribution in [0, 0.1) is 0 Å². The highest BCUT2D eigenvalue weighted by Gasteiger charge is 2.25. The van der Waals surface area contributed by atoms with Gasteiger partial charge in [0.2, 0.25) is 0 Å². The zero-order valence-electron chi connectivity index (χ0n) is 11.6. The molecule has 1 amide bonds. The van der Waals surface area contributed by atoms with Crippen LogP contribution in [0.4, 0.5) is 0 Å². The summed E-state index contributed by atoms with van der Waals surface area (Å²) in [5.41, 5.74) is 0.615. The summed E-state index contributed by atoms with van der Waals surface area (Å²) in [6.07, 6.45) is 0.260. The summed E-state index contributed by atoms with van der Waals surface area (Å²) in [5, 5.41) is 9.49. The van der Waals surface area contributed by atoms with Crippen LogP contribution in [0.25, 0.3) is 0 Å². The first-order chi connectivity index (χ1) is 10.2. The van der Waals surface area contributed by atoms with Gasteiger partial charge in [0.25, 0.3) is 5.91 Å². The Labute approximate surface area is 123 Å². The maximum Gasteiger partial charge on any atom is 0.253 e. The minimum absolute atomic E-state index is 0.0437. The zero-order chi connectivity index (χ0) is 14.7. The minimum atomic E-state index is -0.394. The number of aliphatic hydroxyl groups excluding tert-OH is 1. The van der Waals surface area contributed by atoms with Crippen LogP contribution < -0.4 is 4.74 Å². The van der Waals surface area contributed by atoms with Gasteiger partial charge in [0, 0.05) is 18.7 Å². The fourth-order valence-electron chi connectivity index (χ4n) is 2.40. The maximum atomic E-state index is 12.2. The van der Waals surface area contributed by atoms with E-state index in [-0.39, 0.29) is 5.91 Å². The highest BCUT2D eigenvalue weighted by molar-refractivity contribution is 5.94. The third kappa shape index (κ3) is 3.23. The fraction of sp³-hybridized carbons (Fsp3) is 0.235. The van der Waals surface area contributed by atoms with Crippen LogP contribution in [0.2, 0.25) is 0 Å². The largest absolute Gasteiger partial charge is 0.457 e. The average Bonchev–Trinajstić information content (AvgIpc) is 2.95. The van der Waals surface area contributed by atoms with Gasteiger partial charge in [0.15, 0.2) is 0 Å². The van der Waals surface area contributed by atoms with Crippen molar-refractivity contribution in [2.24, 2.45) is 0 Å². The Morgan fingerprint density at radius 3 is 2.33 bits per heavy atom. The molecule has 1 aliphatic rings. The predicted molar refractivity (Wildman–Crippen MR) is 79.5 cm³/mol. The molecular weight excluding hydrogens is 266 g/mol. The first kappa shape index (κ1) is 13.6. The molecule has 3 rings (SSSR count). The second-order valence-corrected chi connectivity index (χ2v) is 5.13. The molecule has 21 heavy (non-hydrogen) atoms. The number of para-hydroxylation sites is 1. The molecule has 0 unspecified atom stereocenters. The number of carbonyl (C=O) groups is 1. The van der Waals surface area contributed by atoms with E-state index in [1.807, 2.05) is 30.3 Å². The highest BCUT2D eigenvalue weighted by Crippen LogP contribution is 2.22. The molecule has 1 atom stereocenters. The molecule has 1 N–H and O–H groups in total. The summed E-state index contributed by atoms with van der Waals surface area (Å²) in [7, 11) is 0. The van der Waals surface area contributed by atoms with Crippen molar-refractivity contribution < 1.29 is 14.6 Å².